The number of hydrogen-bond donors (Lipinski definition) is 2. The molecule has 12 nitrogen and oxygen atoms in total. The summed E-state index contributed by atoms with van der Waals surface area (Å²) in [6.45, 7) is 5.97. The number of likely N-dealkylation sites (N-methyl/N-ethyl adjacent to an activating group) is 1. The minimum Gasteiger partial charge on any atom is -0.496 e. The van der Waals surface area contributed by atoms with Crippen LogP contribution in [0.15, 0.2) is 66.7 Å². The number of nitrogens with zero attached hydrogens (tertiary/aromatic N) is 3. The second kappa shape index (κ2) is 16.5. The highest BCUT2D eigenvalue weighted by molar-refractivity contribution is 5.96. The molecular weight excluding hydrogens is 916 g/mol. The van der Waals surface area contributed by atoms with Gasteiger partial charge in [0.25, 0.3) is 0 Å². The highest BCUT2D eigenvalue weighted by Gasteiger charge is 2.80. The Kier molecular flexibility index (Phi) is 11.4. The standard InChI is InChI=1S/C53H59F5N4O8/c1-8-49-17-11-19-62-21-18-50(43(49)62)37-24-38(41(67-5)25-40(37)60(4)44(50)52(66,47(65)69-7)45(49)70-29(2)63)51(46(64)68-6)26-30-22-32(48(3,54)55)28-61(27-30)20-16-34-35-23-31(14-15-39(35)59-42(34)51)33-12-9-10-13-36(33)53(56,57)58/h9-15,17,23-25,30,32,43-45,59,66H,8,16,18-22,26-28H2,1-7H3/t30-,32-,43+,44-,45-,49-,50-,51+,52+/m1/s1. The number of anilines is 1. The second-order valence-electron chi connectivity index (χ2n) is 20.6. The van der Waals surface area contributed by atoms with Crippen molar-refractivity contribution in [2.45, 2.75) is 99.6 Å². The van der Waals surface area contributed by atoms with Gasteiger partial charge in [-0.25, -0.2) is 13.6 Å². The van der Waals surface area contributed by atoms with E-state index in [1.54, 1.807) is 37.4 Å². The van der Waals surface area contributed by atoms with E-state index < -0.39 is 87.4 Å². The van der Waals surface area contributed by atoms with Crippen LogP contribution in [0.2, 0.25) is 0 Å². The van der Waals surface area contributed by atoms with Crippen molar-refractivity contribution in [1.29, 1.82) is 0 Å². The third-order valence-corrected chi connectivity index (χ3v) is 17.2. The van der Waals surface area contributed by atoms with Crippen molar-refractivity contribution < 1.29 is 60.4 Å². The average Bonchev–Trinajstić information content (AvgIpc) is 3.99. The van der Waals surface area contributed by atoms with E-state index in [0.717, 1.165) is 13.0 Å². The summed E-state index contributed by atoms with van der Waals surface area (Å²) in [6.07, 6.45) is -1.03. The lowest BCUT2D eigenvalue weighted by Gasteiger charge is -2.63. The quantitative estimate of drug-likeness (QED) is 0.0776. The first kappa shape index (κ1) is 48.1. The summed E-state index contributed by atoms with van der Waals surface area (Å²) < 4.78 is 98.5. The number of piperidine rings is 1. The van der Waals surface area contributed by atoms with Gasteiger partial charge in [-0.15, -0.1) is 0 Å². The van der Waals surface area contributed by atoms with Gasteiger partial charge in [0.15, 0.2) is 6.10 Å². The molecule has 2 N–H and O–H groups in total. The number of rotatable bonds is 8. The Balaban J connectivity index is 1.28. The van der Waals surface area contributed by atoms with Crippen LogP contribution < -0.4 is 9.64 Å². The molecule has 10 rings (SSSR count). The molecule has 5 aliphatic heterocycles. The van der Waals surface area contributed by atoms with E-state index in [4.69, 9.17) is 18.9 Å². The molecule has 2 bridgehead atoms. The molecule has 1 unspecified atom stereocenters. The number of carbonyl (C=O) groups excluding carboxylic acids is 3. The molecular formula is C53H59F5N4O8. The number of benzene rings is 3. The predicted molar refractivity (Wildman–Crippen MR) is 250 cm³/mol. The van der Waals surface area contributed by atoms with Gasteiger partial charge in [0.1, 0.15) is 11.2 Å². The number of ether oxygens (including phenoxy) is 4. The Bertz CT molecular complexity index is 2830. The first-order valence-electron chi connectivity index (χ1n) is 24.0. The lowest BCUT2D eigenvalue weighted by Crippen LogP contribution is -2.81. The second-order valence-corrected chi connectivity index (χ2v) is 20.6. The van der Waals surface area contributed by atoms with E-state index >= 15 is 13.6 Å². The molecule has 4 aromatic rings. The number of esters is 3. The van der Waals surface area contributed by atoms with Crippen LogP contribution in [0.25, 0.3) is 22.0 Å². The van der Waals surface area contributed by atoms with E-state index in [-0.39, 0.29) is 37.1 Å². The van der Waals surface area contributed by atoms with E-state index in [0.29, 0.717) is 83.6 Å². The van der Waals surface area contributed by atoms with Crippen LogP contribution in [0.5, 0.6) is 5.75 Å². The van der Waals surface area contributed by atoms with Crippen molar-refractivity contribution >= 4 is 34.5 Å². The van der Waals surface area contributed by atoms with Crippen molar-refractivity contribution in [2.24, 2.45) is 17.3 Å². The van der Waals surface area contributed by atoms with Gasteiger partial charge in [0, 0.05) is 96.9 Å². The Morgan fingerprint density at radius 3 is 2.34 bits per heavy atom. The Morgan fingerprint density at radius 2 is 1.67 bits per heavy atom. The highest BCUT2D eigenvalue weighted by Crippen LogP contribution is 2.68. The maximum Gasteiger partial charge on any atom is 0.417 e. The van der Waals surface area contributed by atoms with Gasteiger partial charge in [-0.3, -0.25) is 14.5 Å². The van der Waals surface area contributed by atoms with E-state index in [2.05, 4.69) is 9.88 Å². The number of nitrogens with one attached hydrogen (secondary N) is 1. The normalized spacial score (nSPS) is 32.4. The van der Waals surface area contributed by atoms with Crippen molar-refractivity contribution in [3.63, 3.8) is 0 Å². The fourth-order valence-corrected chi connectivity index (χ4v) is 14.6. The van der Waals surface area contributed by atoms with Gasteiger partial charge < -0.3 is 38.8 Å². The molecule has 1 spiro atoms. The largest absolute Gasteiger partial charge is 0.496 e. The van der Waals surface area contributed by atoms with Gasteiger partial charge in [-0.05, 0) is 98.0 Å². The van der Waals surface area contributed by atoms with E-state index in [9.17, 15) is 27.9 Å². The van der Waals surface area contributed by atoms with Crippen LogP contribution in [0, 0.1) is 17.3 Å². The van der Waals surface area contributed by atoms with Gasteiger partial charge >= 0.3 is 24.1 Å². The molecule has 6 heterocycles. The zero-order chi connectivity index (χ0) is 50.1. The van der Waals surface area contributed by atoms with Crippen LogP contribution in [0.4, 0.5) is 27.6 Å². The van der Waals surface area contributed by atoms with E-state index in [1.807, 2.05) is 34.9 Å². The number of H-pyrrole nitrogens is 1. The third kappa shape index (κ3) is 6.65. The molecule has 10 atom stereocenters. The first-order chi connectivity index (χ1) is 33.1. The zero-order valence-corrected chi connectivity index (χ0v) is 40.3. The number of fused-ring (bicyclic) bond motifs is 6. The average molecular weight is 975 g/mol. The smallest absolute Gasteiger partial charge is 0.417 e. The Hall–Kier alpha value is -5.52. The maximum absolute atomic E-state index is 15.6. The summed E-state index contributed by atoms with van der Waals surface area (Å²) in [5, 5.41) is 14.0. The SMILES string of the molecule is CC[C@]12C=CCN3CC[C@@]4(c5cc([C@@]6(C(=O)OC)C[C@H]7C[C@@H](C(C)(F)F)CN(CCc8c6[nH]c6ccc(-c9ccccc9C(F)(F)F)cc86)C7)c(OC)cc5N(C)[C@H]4[C@@](O)(C(=O)OC)[C@@H]1OC(C)=O)[C@@H]32. The molecule has 0 amide bonds. The molecule has 70 heavy (non-hydrogen) atoms. The molecule has 374 valence electrons. The fourth-order valence-electron chi connectivity index (χ4n) is 14.6. The molecule has 6 aliphatic rings. The number of hydrogen-bond acceptors (Lipinski definition) is 11. The highest BCUT2D eigenvalue weighted by atomic mass is 19.4. The van der Waals surface area contributed by atoms with Crippen molar-refractivity contribution in [3.05, 3.63) is 94.7 Å². The molecule has 1 saturated carbocycles. The van der Waals surface area contributed by atoms with Gasteiger partial charge in [0.05, 0.1) is 32.9 Å². The number of aliphatic hydroxyl groups is 1. The number of alkyl halides is 5. The molecule has 1 aliphatic carbocycles. The van der Waals surface area contributed by atoms with Gasteiger partial charge in [-0.1, -0.05) is 43.3 Å². The number of halogens is 5. The molecule has 2 saturated heterocycles. The zero-order valence-electron chi connectivity index (χ0n) is 40.3. The van der Waals surface area contributed by atoms with Crippen molar-refractivity contribution in [3.8, 4) is 16.9 Å². The fraction of sp³-hybridized carbons (Fsp3) is 0.528. The lowest BCUT2D eigenvalue weighted by molar-refractivity contribution is -0.228. The maximum atomic E-state index is 15.6. The molecule has 3 aromatic carbocycles. The summed E-state index contributed by atoms with van der Waals surface area (Å²) >= 11 is 0. The molecule has 0 radical (unpaired) electrons. The van der Waals surface area contributed by atoms with Gasteiger partial charge in [-0.2, -0.15) is 13.2 Å². The summed E-state index contributed by atoms with van der Waals surface area (Å²) in [4.78, 5) is 52.9. The first-order valence-corrected chi connectivity index (χ1v) is 24.0. The number of methoxy groups -OCH3 is 3. The van der Waals surface area contributed by atoms with Crippen LogP contribution in [0.3, 0.4) is 0 Å². The minimum atomic E-state index is -4.65. The van der Waals surface area contributed by atoms with Crippen LogP contribution in [0.1, 0.15) is 74.4 Å². The minimum absolute atomic E-state index is 0.0223. The van der Waals surface area contributed by atoms with Crippen LogP contribution in [-0.4, -0.2) is 129 Å². The molecule has 1 aromatic heterocycles. The van der Waals surface area contributed by atoms with Crippen LogP contribution >= 0.6 is 0 Å². The summed E-state index contributed by atoms with van der Waals surface area (Å²) in [6, 6.07) is 12.5. The van der Waals surface area contributed by atoms with Crippen molar-refractivity contribution in [2.75, 3.05) is 66.0 Å². The summed E-state index contributed by atoms with van der Waals surface area (Å²) in [7, 11) is 5.68. The van der Waals surface area contributed by atoms with E-state index in [1.165, 1.54) is 40.4 Å². The number of carbonyl (C=O) groups is 3. The number of aromatic amines is 1. The molecule has 17 heteroatoms. The Labute approximate surface area is 403 Å². The summed E-state index contributed by atoms with van der Waals surface area (Å²) in [5.74, 6) is -6.74. The third-order valence-electron chi connectivity index (χ3n) is 17.2. The van der Waals surface area contributed by atoms with Gasteiger partial charge in [0.2, 0.25) is 11.5 Å². The Morgan fingerprint density at radius 1 is 0.929 bits per heavy atom. The monoisotopic (exact) mass is 974 g/mol. The van der Waals surface area contributed by atoms with Crippen molar-refractivity contribution in [1.82, 2.24) is 14.8 Å². The molecule has 3 fully saturated rings. The van der Waals surface area contributed by atoms with Crippen LogP contribution in [-0.2, 0) is 52.0 Å². The topological polar surface area (TPSA) is 134 Å². The lowest BCUT2D eigenvalue weighted by atomic mass is 9.47. The number of aromatic nitrogens is 1. The predicted octanol–water partition coefficient (Wildman–Crippen LogP) is 7.81. The summed E-state index contributed by atoms with van der Waals surface area (Å²) in [5.41, 5.74) is -3.81.